The number of non-ortho nitro benzene ring substituents is 1. The van der Waals surface area contributed by atoms with Crippen LogP contribution >= 0.6 is 0 Å². The summed E-state index contributed by atoms with van der Waals surface area (Å²) in [6.45, 7) is 1.91. The van der Waals surface area contributed by atoms with Crippen molar-refractivity contribution in [3.8, 4) is 0 Å². The highest BCUT2D eigenvalue weighted by molar-refractivity contribution is 5.76. The second-order valence-corrected chi connectivity index (χ2v) is 5.46. The first kappa shape index (κ1) is 14.5. The molecule has 20 heavy (non-hydrogen) atoms. The minimum Gasteiger partial charge on any atom is -0.458 e. The highest BCUT2D eigenvalue weighted by Gasteiger charge is 2.36. The fourth-order valence-electron chi connectivity index (χ4n) is 2.19. The standard InChI is InChI=1S/C14H18N2O4/c1-14(7-2-8-14)20-13(17)12(15)9-10-3-5-11(6-4-10)16(18)19/h3-6,12H,2,7-9,15H2,1H3. The lowest BCUT2D eigenvalue weighted by atomic mass is 9.82. The second kappa shape index (κ2) is 5.58. The van der Waals surface area contributed by atoms with E-state index >= 15 is 0 Å². The van der Waals surface area contributed by atoms with Crippen LogP contribution in [0.5, 0.6) is 0 Å². The Labute approximate surface area is 117 Å². The van der Waals surface area contributed by atoms with E-state index in [1.165, 1.54) is 12.1 Å². The second-order valence-electron chi connectivity index (χ2n) is 5.46. The molecule has 1 unspecified atom stereocenters. The number of nitrogens with zero attached hydrogens (tertiary/aromatic N) is 1. The van der Waals surface area contributed by atoms with Crippen LogP contribution in [-0.2, 0) is 16.0 Å². The number of hydrogen-bond acceptors (Lipinski definition) is 5. The number of hydrogen-bond donors (Lipinski definition) is 1. The normalized spacial score (nSPS) is 17.9. The summed E-state index contributed by atoms with van der Waals surface area (Å²) < 4.78 is 5.40. The summed E-state index contributed by atoms with van der Waals surface area (Å²) >= 11 is 0. The van der Waals surface area contributed by atoms with Crippen LogP contribution in [0.4, 0.5) is 5.69 Å². The first-order valence-corrected chi connectivity index (χ1v) is 6.61. The van der Waals surface area contributed by atoms with Gasteiger partial charge in [-0.3, -0.25) is 14.9 Å². The van der Waals surface area contributed by atoms with Crippen LogP contribution in [0.15, 0.2) is 24.3 Å². The van der Waals surface area contributed by atoms with E-state index in [9.17, 15) is 14.9 Å². The molecule has 1 fully saturated rings. The molecule has 0 aromatic heterocycles. The zero-order valence-electron chi connectivity index (χ0n) is 11.4. The van der Waals surface area contributed by atoms with Crippen molar-refractivity contribution in [3.63, 3.8) is 0 Å². The Morgan fingerprint density at radius 3 is 2.50 bits per heavy atom. The van der Waals surface area contributed by atoms with Crippen molar-refractivity contribution < 1.29 is 14.5 Å². The van der Waals surface area contributed by atoms with Crippen LogP contribution in [0.1, 0.15) is 31.7 Å². The largest absolute Gasteiger partial charge is 0.458 e. The van der Waals surface area contributed by atoms with Crippen LogP contribution in [0.25, 0.3) is 0 Å². The molecule has 0 amide bonds. The molecule has 6 heteroatoms. The number of carbonyl (C=O) groups excluding carboxylic acids is 1. The van der Waals surface area contributed by atoms with E-state index in [0.717, 1.165) is 24.8 Å². The fourth-order valence-corrected chi connectivity index (χ4v) is 2.19. The van der Waals surface area contributed by atoms with E-state index in [-0.39, 0.29) is 11.3 Å². The van der Waals surface area contributed by atoms with E-state index in [0.29, 0.717) is 6.42 Å². The minimum atomic E-state index is -0.742. The minimum absolute atomic E-state index is 0.0203. The van der Waals surface area contributed by atoms with Crippen LogP contribution in [-0.4, -0.2) is 22.5 Å². The number of carbonyl (C=O) groups is 1. The predicted octanol–water partition coefficient (Wildman–Crippen LogP) is 1.95. The van der Waals surface area contributed by atoms with Crippen LogP contribution in [0, 0.1) is 10.1 Å². The van der Waals surface area contributed by atoms with Crippen molar-refractivity contribution in [1.29, 1.82) is 0 Å². The molecule has 1 aromatic rings. The molecule has 0 heterocycles. The van der Waals surface area contributed by atoms with E-state index in [2.05, 4.69) is 0 Å². The van der Waals surface area contributed by atoms with Gasteiger partial charge in [0.15, 0.2) is 0 Å². The number of ether oxygens (including phenoxy) is 1. The molecule has 0 bridgehead atoms. The summed E-state index contributed by atoms with van der Waals surface area (Å²) in [6, 6.07) is 5.28. The fraction of sp³-hybridized carbons (Fsp3) is 0.500. The lowest BCUT2D eigenvalue weighted by molar-refractivity contribution is -0.384. The van der Waals surface area contributed by atoms with Gasteiger partial charge in [0.2, 0.25) is 0 Å². The number of nitro groups is 1. The molecule has 0 radical (unpaired) electrons. The predicted molar refractivity (Wildman–Crippen MR) is 73.1 cm³/mol. The van der Waals surface area contributed by atoms with Gasteiger partial charge in [-0.25, -0.2) is 0 Å². The molecular weight excluding hydrogens is 260 g/mol. The Morgan fingerprint density at radius 1 is 1.45 bits per heavy atom. The van der Waals surface area contributed by atoms with Gasteiger partial charge in [-0.2, -0.15) is 0 Å². The highest BCUT2D eigenvalue weighted by atomic mass is 16.6. The van der Waals surface area contributed by atoms with Crippen molar-refractivity contribution in [2.75, 3.05) is 0 Å². The summed E-state index contributed by atoms with van der Waals surface area (Å²) in [4.78, 5) is 22.0. The Morgan fingerprint density at radius 2 is 2.05 bits per heavy atom. The van der Waals surface area contributed by atoms with Crippen LogP contribution in [0.3, 0.4) is 0 Å². The molecule has 0 spiro atoms. The van der Waals surface area contributed by atoms with Gasteiger partial charge < -0.3 is 10.5 Å². The van der Waals surface area contributed by atoms with E-state index in [1.54, 1.807) is 12.1 Å². The first-order valence-electron chi connectivity index (χ1n) is 6.61. The molecule has 2 N–H and O–H groups in total. The number of nitrogens with two attached hydrogens (primary N) is 1. The van der Waals surface area contributed by atoms with Gasteiger partial charge in [0.05, 0.1) is 4.92 Å². The molecule has 2 rings (SSSR count). The number of nitro benzene ring substituents is 1. The average Bonchev–Trinajstić information content (AvgIpc) is 2.37. The third-order valence-corrected chi connectivity index (χ3v) is 3.66. The summed E-state index contributed by atoms with van der Waals surface area (Å²) in [5.74, 6) is -0.412. The van der Waals surface area contributed by atoms with E-state index < -0.39 is 16.9 Å². The van der Waals surface area contributed by atoms with Gasteiger partial charge in [0, 0.05) is 12.1 Å². The zero-order chi connectivity index (χ0) is 14.8. The molecular formula is C14H18N2O4. The van der Waals surface area contributed by atoms with Gasteiger partial charge in [-0.1, -0.05) is 12.1 Å². The van der Waals surface area contributed by atoms with E-state index in [4.69, 9.17) is 10.5 Å². The smallest absolute Gasteiger partial charge is 0.323 e. The summed E-state index contributed by atoms with van der Waals surface area (Å²) in [5.41, 5.74) is 6.26. The molecule has 6 nitrogen and oxygen atoms in total. The van der Waals surface area contributed by atoms with Gasteiger partial charge in [0.25, 0.3) is 5.69 Å². The lowest BCUT2D eigenvalue weighted by Gasteiger charge is -2.38. The molecule has 0 aliphatic heterocycles. The maximum Gasteiger partial charge on any atom is 0.323 e. The van der Waals surface area contributed by atoms with Crippen molar-refractivity contribution in [3.05, 3.63) is 39.9 Å². The summed E-state index contributed by atoms with van der Waals surface area (Å²) in [7, 11) is 0. The molecule has 108 valence electrons. The average molecular weight is 278 g/mol. The van der Waals surface area contributed by atoms with Crippen molar-refractivity contribution >= 4 is 11.7 Å². The Hall–Kier alpha value is -1.95. The van der Waals surface area contributed by atoms with Crippen molar-refractivity contribution in [2.24, 2.45) is 5.73 Å². The van der Waals surface area contributed by atoms with Crippen molar-refractivity contribution in [2.45, 2.75) is 44.2 Å². The maximum absolute atomic E-state index is 11.9. The molecule has 1 aliphatic carbocycles. The highest BCUT2D eigenvalue weighted by Crippen LogP contribution is 2.35. The van der Waals surface area contributed by atoms with Gasteiger partial charge in [0.1, 0.15) is 11.6 Å². The zero-order valence-corrected chi connectivity index (χ0v) is 11.4. The monoisotopic (exact) mass is 278 g/mol. The van der Waals surface area contributed by atoms with Gasteiger partial charge >= 0.3 is 5.97 Å². The first-order chi connectivity index (χ1) is 9.39. The molecule has 1 saturated carbocycles. The maximum atomic E-state index is 11.9. The van der Waals surface area contributed by atoms with Crippen LogP contribution < -0.4 is 5.73 Å². The van der Waals surface area contributed by atoms with Gasteiger partial charge in [-0.05, 0) is 38.2 Å². The topological polar surface area (TPSA) is 95.5 Å². The third-order valence-electron chi connectivity index (χ3n) is 3.66. The summed E-state index contributed by atoms with van der Waals surface area (Å²) in [6.07, 6.45) is 3.14. The number of rotatable bonds is 5. The van der Waals surface area contributed by atoms with Crippen LogP contribution in [0.2, 0.25) is 0 Å². The van der Waals surface area contributed by atoms with E-state index in [1.807, 2.05) is 6.92 Å². The Bertz CT molecular complexity index is 508. The SMILES string of the molecule is CC1(OC(=O)C(N)Cc2ccc([N+](=O)[O-])cc2)CCC1. The number of benzene rings is 1. The molecule has 1 aliphatic rings. The third kappa shape index (κ3) is 3.33. The lowest BCUT2D eigenvalue weighted by Crippen LogP contribution is -2.44. The Balaban J connectivity index is 1.91. The molecule has 1 atom stereocenters. The molecule has 0 saturated heterocycles. The molecule has 1 aromatic carbocycles. The van der Waals surface area contributed by atoms with Gasteiger partial charge in [-0.15, -0.1) is 0 Å². The van der Waals surface area contributed by atoms with Crippen molar-refractivity contribution in [1.82, 2.24) is 0 Å². The quantitative estimate of drug-likeness (QED) is 0.504. The summed E-state index contributed by atoms with van der Waals surface area (Å²) in [5, 5.41) is 10.5. The Kier molecular flexibility index (Phi) is 4.04. The number of esters is 1.